The van der Waals surface area contributed by atoms with Gasteiger partial charge in [-0.1, -0.05) is 56.0 Å². The lowest BCUT2D eigenvalue weighted by atomic mass is 10.1. The Morgan fingerprint density at radius 1 is 1.04 bits per heavy atom. The molecule has 2 N–H and O–H groups in total. The first kappa shape index (κ1) is 16.4. The van der Waals surface area contributed by atoms with Crippen LogP contribution in [0.3, 0.4) is 0 Å². The minimum absolute atomic E-state index is 0.176. The summed E-state index contributed by atoms with van der Waals surface area (Å²) < 4.78 is 0. The van der Waals surface area contributed by atoms with Crippen LogP contribution < -0.4 is 10.6 Å². The number of aromatic nitrogens is 2. The fourth-order valence-corrected chi connectivity index (χ4v) is 3.03. The fraction of sp³-hybridized carbons (Fsp3) is 0.421. The second-order valence-corrected chi connectivity index (χ2v) is 6.27. The van der Waals surface area contributed by atoms with Crippen molar-refractivity contribution in [2.75, 3.05) is 5.32 Å². The van der Waals surface area contributed by atoms with Crippen LogP contribution in [0.4, 0.5) is 5.95 Å². The summed E-state index contributed by atoms with van der Waals surface area (Å²) in [5, 5.41) is 6.29. The molecule has 1 heterocycles. The topological polar surface area (TPSA) is 66.9 Å². The molecule has 0 aliphatic heterocycles. The Hall–Kier alpha value is -2.43. The summed E-state index contributed by atoms with van der Waals surface area (Å²) >= 11 is 0. The number of benzene rings is 1. The third-order valence-electron chi connectivity index (χ3n) is 4.37. The zero-order valence-electron chi connectivity index (χ0n) is 13.9. The minimum atomic E-state index is -0.176. The van der Waals surface area contributed by atoms with Crippen LogP contribution >= 0.6 is 0 Å². The van der Waals surface area contributed by atoms with E-state index in [9.17, 15) is 4.79 Å². The zero-order valence-corrected chi connectivity index (χ0v) is 13.9. The molecule has 0 saturated heterocycles. The van der Waals surface area contributed by atoms with Crippen LogP contribution in [0.5, 0.6) is 0 Å². The van der Waals surface area contributed by atoms with E-state index in [1.54, 1.807) is 12.3 Å². The molecule has 1 aliphatic rings. The highest BCUT2D eigenvalue weighted by molar-refractivity contribution is 5.92. The molecule has 1 aromatic heterocycles. The molecule has 126 valence electrons. The van der Waals surface area contributed by atoms with Gasteiger partial charge in [-0.05, 0) is 24.5 Å². The van der Waals surface area contributed by atoms with E-state index in [2.05, 4.69) is 20.6 Å². The van der Waals surface area contributed by atoms with Gasteiger partial charge in [0.05, 0.1) is 0 Å². The third kappa shape index (κ3) is 4.78. The van der Waals surface area contributed by atoms with E-state index in [4.69, 9.17) is 0 Å². The van der Waals surface area contributed by atoms with Gasteiger partial charge in [0.15, 0.2) is 0 Å². The molecule has 2 aromatic rings. The molecule has 5 nitrogen and oxygen atoms in total. The quantitative estimate of drug-likeness (QED) is 0.826. The maximum atomic E-state index is 12.3. The van der Waals surface area contributed by atoms with E-state index in [0.717, 1.165) is 18.4 Å². The number of anilines is 1. The first-order valence-electron chi connectivity index (χ1n) is 8.73. The normalized spacial score (nSPS) is 15.5. The summed E-state index contributed by atoms with van der Waals surface area (Å²) in [6.45, 7) is 0.495. The van der Waals surface area contributed by atoms with Crippen molar-refractivity contribution in [1.82, 2.24) is 15.3 Å². The van der Waals surface area contributed by atoms with Gasteiger partial charge in [0.2, 0.25) is 5.95 Å². The van der Waals surface area contributed by atoms with Gasteiger partial charge >= 0.3 is 0 Å². The molecule has 24 heavy (non-hydrogen) atoms. The summed E-state index contributed by atoms with van der Waals surface area (Å²) in [5.74, 6) is 0.374. The van der Waals surface area contributed by atoms with E-state index >= 15 is 0 Å². The van der Waals surface area contributed by atoms with E-state index in [0.29, 0.717) is 24.2 Å². The molecule has 1 aromatic carbocycles. The number of carbonyl (C=O) groups is 1. The highest BCUT2D eigenvalue weighted by atomic mass is 16.1. The zero-order chi connectivity index (χ0) is 16.6. The van der Waals surface area contributed by atoms with Crippen molar-refractivity contribution in [3.8, 4) is 0 Å². The SMILES string of the molecule is O=C(NCc1ccccc1)c1ccnc(NC2CCCCCC2)n1. The average Bonchev–Trinajstić information content (AvgIpc) is 2.89. The van der Waals surface area contributed by atoms with Crippen molar-refractivity contribution in [3.05, 3.63) is 53.9 Å². The molecule has 5 heteroatoms. The van der Waals surface area contributed by atoms with E-state index in [1.807, 2.05) is 30.3 Å². The van der Waals surface area contributed by atoms with Gasteiger partial charge < -0.3 is 10.6 Å². The monoisotopic (exact) mass is 324 g/mol. The van der Waals surface area contributed by atoms with Gasteiger partial charge in [-0.25, -0.2) is 9.97 Å². The first-order chi connectivity index (χ1) is 11.8. The van der Waals surface area contributed by atoms with Crippen LogP contribution in [0.25, 0.3) is 0 Å². The van der Waals surface area contributed by atoms with Gasteiger partial charge in [0.25, 0.3) is 5.91 Å². The summed E-state index contributed by atoms with van der Waals surface area (Å²) in [5.41, 5.74) is 1.47. The summed E-state index contributed by atoms with van der Waals surface area (Å²) in [6.07, 6.45) is 9.04. The fourth-order valence-electron chi connectivity index (χ4n) is 3.03. The molecule has 0 atom stereocenters. The lowest BCUT2D eigenvalue weighted by Gasteiger charge is -2.16. The summed E-state index contributed by atoms with van der Waals surface area (Å²) in [6, 6.07) is 11.9. The standard InChI is InChI=1S/C19H24N4O/c24-18(21-14-15-8-4-3-5-9-15)17-12-13-20-19(23-17)22-16-10-6-1-2-7-11-16/h3-5,8-9,12-13,16H,1-2,6-7,10-11,14H2,(H,21,24)(H,20,22,23). The second-order valence-electron chi connectivity index (χ2n) is 6.27. The third-order valence-corrected chi connectivity index (χ3v) is 4.37. The number of nitrogens with one attached hydrogen (secondary N) is 2. The minimum Gasteiger partial charge on any atom is -0.351 e. The Morgan fingerprint density at radius 3 is 2.54 bits per heavy atom. The lowest BCUT2D eigenvalue weighted by Crippen LogP contribution is -2.25. The van der Waals surface area contributed by atoms with Gasteiger partial charge in [-0.2, -0.15) is 0 Å². The van der Waals surface area contributed by atoms with Crippen LogP contribution in [-0.2, 0) is 6.54 Å². The molecule has 1 saturated carbocycles. The van der Waals surface area contributed by atoms with Crippen LogP contribution in [0, 0.1) is 0 Å². The van der Waals surface area contributed by atoms with E-state index < -0.39 is 0 Å². The van der Waals surface area contributed by atoms with Gasteiger partial charge in [-0.15, -0.1) is 0 Å². The maximum absolute atomic E-state index is 12.3. The van der Waals surface area contributed by atoms with Gasteiger partial charge in [0, 0.05) is 18.8 Å². The molecule has 1 amide bonds. The predicted octanol–water partition coefficient (Wildman–Crippen LogP) is 3.54. The number of nitrogens with zero attached hydrogens (tertiary/aromatic N) is 2. The molecular weight excluding hydrogens is 300 g/mol. The lowest BCUT2D eigenvalue weighted by molar-refractivity contribution is 0.0946. The Labute approximate surface area is 142 Å². The summed E-state index contributed by atoms with van der Waals surface area (Å²) in [7, 11) is 0. The average molecular weight is 324 g/mol. The molecule has 3 rings (SSSR count). The molecule has 1 fully saturated rings. The first-order valence-corrected chi connectivity index (χ1v) is 8.73. The number of hydrogen-bond acceptors (Lipinski definition) is 4. The molecule has 0 bridgehead atoms. The van der Waals surface area contributed by atoms with Crippen molar-refractivity contribution in [3.63, 3.8) is 0 Å². The maximum Gasteiger partial charge on any atom is 0.270 e. The van der Waals surface area contributed by atoms with Crippen molar-refractivity contribution < 1.29 is 4.79 Å². The number of carbonyl (C=O) groups excluding carboxylic acids is 1. The Kier molecular flexibility index (Phi) is 5.77. The Bertz CT molecular complexity index is 651. The van der Waals surface area contributed by atoms with Crippen LogP contribution in [-0.4, -0.2) is 21.9 Å². The smallest absolute Gasteiger partial charge is 0.270 e. The van der Waals surface area contributed by atoms with Crippen LogP contribution in [0.1, 0.15) is 54.6 Å². The number of amides is 1. The van der Waals surface area contributed by atoms with Crippen molar-refractivity contribution in [1.29, 1.82) is 0 Å². The van der Waals surface area contributed by atoms with Gasteiger partial charge in [0.1, 0.15) is 5.69 Å². The van der Waals surface area contributed by atoms with Crippen molar-refractivity contribution in [2.45, 2.75) is 51.1 Å². The van der Waals surface area contributed by atoms with Crippen molar-refractivity contribution >= 4 is 11.9 Å². The van der Waals surface area contributed by atoms with Crippen LogP contribution in [0.2, 0.25) is 0 Å². The highest BCUT2D eigenvalue weighted by Gasteiger charge is 2.14. The number of hydrogen-bond donors (Lipinski definition) is 2. The molecule has 0 unspecified atom stereocenters. The highest BCUT2D eigenvalue weighted by Crippen LogP contribution is 2.19. The van der Waals surface area contributed by atoms with Crippen LogP contribution in [0.15, 0.2) is 42.6 Å². The molecule has 1 aliphatic carbocycles. The molecule has 0 spiro atoms. The predicted molar refractivity (Wildman–Crippen MR) is 94.8 cm³/mol. The van der Waals surface area contributed by atoms with Crippen molar-refractivity contribution in [2.24, 2.45) is 0 Å². The largest absolute Gasteiger partial charge is 0.351 e. The molecular formula is C19H24N4O. The van der Waals surface area contributed by atoms with E-state index in [-0.39, 0.29) is 5.91 Å². The second kappa shape index (κ2) is 8.43. The molecule has 0 radical (unpaired) electrons. The van der Waals surface area contributed by atoms with E-state index in [1.165, 1.54) is 25.7 Å². The summed E-state index contributed by atoms with van der Waals surface area (Å²) in [4.78, 5) is 20.9. The number of rotatable bonds is 5. The van der Waals surface area contributed by atoms with Gasteiger partial charge in [-0.3, -0.25) is 4.79 Å². The Balaban J connectivity index is 1.58. The Morgan fingerprint density at radius 2 is 1.79 bits per heavy atom.